The molecule has 3 aromatic heterocycles. The van der Waals surface area contributed by atoms with Gasteiger partial charge in [0.05, 0.1) is 21.8 Å². The number of nitrogens with zero attached hydrogens (tertiary/aromatic N) is 6. The van der Waals surface area contributed by atoms with Crippen molar-refractivity contribution in [2.24, 2.45) is 10.7 Å². The Morgan fingerprint density at radius 3 is 2.91 bits per heavy atom. The lowest BCUT2D eigenvalue weighted by Crippen LogP contribution is -2.56. The second-order valence-corrected chi connectivity index (χ2v) is 9.22. The second kappa shape index (κ2) is 8.23. The monoisotopic (exact) mass is 446 g/mol. The third kappa shape index (κ3) is 3.80. The highest BCUT2D eigenvalue weighted by Crippen LogP contribution is 2.28. The molecule has 164 valence electrons. The van der Waals surface area contributed by atoms with Gasteiger partial charge in [0, 0.05) is 42.8 Å². The fraction of sp³-hybridized carbons (Fsp3) is 0.304. The molecule has 3 N–H and O–H groups in total. The zero-order valence-electron chi connectivity index (χ0n) is 18.4. The molecule has 0 amide bonds. The number of nitrogens with two attached hydrogens (primary N) is 1. The number of nitrogens with one attached hydrogen (secondary N) is 1. The van der Waals surface area contributed by atoms with Crippen LogP contribution in [-0.2, 0) is 0 Å². The van der Waals surface area contributed by atoms with E-state index in [2.05, 4.69) is 55.0 Å². The van der Waals surface area contributed by atoms with E-state index in [0.29, 0.717) is 5.96 Å². The Kier molecular flexibility index (Phi) is 5.26. The fourth-order valence-corrected chi connectivity index (χ4v) is 4.88. The average molecular weight is 447 g/mol. The first kappa shape index (κ1) is 20.4. The number of hydrogen-bond acceptors (Lipinski definition) is 6. The van der Waals surface area contributed by atoms with Crippen LogP contribution in [0, 0.1) is 13.8 Å². The van der Waals surface area contributed by atoms with E-state index in [0.717, 1.165) is 64.0 Å². The van der Waals surface area contributed by atoms with Crippen LogP contribution in [0.2, 0.25) is 0 Å². The van der Waals surface area contributed by atoms with Crippen molar-refractivity contribution in [3.63, 3.8) is 0 Å². The topological polar surface area (TPSA) is 99.3 Å². The number of anilines is 1. The normalized spacial score (nSPS) is 17.3. The number of H-pyrrole nitrogens is 1. The van der Waals surface area contributed by atoms with Crippen LogP contribution >= 0.6 is 11.3 Å². The Hall–Kier alpha value is -3.46. The minimum Gasteiger partial charge on any atom is -0.369 e. The highest BCUT2D eigenvalue weighted by molar-refractivity contribution is 7.09. The third-order valence-corrected chi connectivity index (χ3v) is 6.65. The Balaban J connectivity index is 1.34. The van der Waals surface area contributed by atoms with Crippen molar-refractivity contribution in [2.45, 2.75) is 26.8 Å². The highest BCUT2D eigenvalue weighted by atomic mass is 32.1. The molecule has 0 aliphatic carbocycles. The molecule has 4 heterocycles. The van der Waals surface area contributed by atoms with Crippen molar-refractivity contribution in [1.82, 2.24) is 24.8 Å². The number of aryl methyl sites for hydroxylation is 2. The Bertz CT molecular complexity index is 1290. The number of fused-ring (bicyclic) bond motifs is 1. The van der Waals surface area contributed by atoms with E-state index in [4.69, 9.17) is 10.7 Å². The maximum atomic E-state index is 6.46. The number of rotatable bonds is 3. The molecule has 4 aromatic rings. The van der Waals surface area contributed by atoms with Crippen LogP contribution in [0.3, 0.4) is 0 Å². The molecule has 0 radical (unpaired) electrons. The zero-order valence-corrected chi connectivity index (χ0v) is 19.2. The number of aromatic nitrogens is 4. The summed E-state index contributed by atoms with van der Waals surface area (Å²) in [7, 11) is 0. The van der Waals surface area contributed by atoms with Gasteiger partial charge < -0.3 is 20.5 Å². The number of aliphatic imine (C=N–C) groups is 1. The van der Waals surface area contributed by atoms with Gasteiger partial charge in [0.25, 0.3) is 0 Å². The number of guanidine groups is 1. The van der Waals surface area contributed by atoms with Gasteiger partial charge in [0.2, 0.25) is 0 Å². The molecule has 32 heavy (non-hydrogen) atoms. The molecule has 8 nitrogen and oxygen atoms in total. The summed E-state index contributed by atoms with van der Waals surface area (Å²) in [6.45, 7) is 8.67. The van der Waals surface area contributed by atoms with Crippen LogP contribution in [0.1, 0.15) is 17.5 Å². The van der Waals surface area contributed by atoms with Crippen LogP contribution in [0.5, 0.6) is 0 Å². The number of thiazole rings is 1. The van der Waals surface area contributed by atoms with E-state index >= 15 is 0 Å². The average Bonchev–Trinajstić information content (AvgIpc) is 3.39. The van der Waals surface area contributed by atoms with Crippen molar-refractivity contribution in [3.8, 4) is 11.3 Å². The number of piperazine rings is 1. The summed E-state index contributed by atoms with van der Waals surface area (Å²) in [5.41, 5.74) is 11.3. The van der Waals surface area contributed by atoms with Crippen molar-refractivity contribution >= 4 is 39.8 Å². The summed E-state index contributed by atoms with van der Waals surface area (Å²) in [4.78, 5) is 25.9. The molecule has 1 aliphatic rings. The maximum Gasteiger partial charge on any atom is 0.196 e. The first-order valence-electron chi connectivity index (χ1n) is 10.7. The molecule has 0 unspecified atom stereocenters. The van der Waals surface area contributed by atoms with Crippen molar-refractivity contribution < 1.29 is 0 Å². The van der Waals surface area contributed by atoms with Crippen molar-refractivity contribution in [1.29, 1.82) is 0 Å². The molecular formula is C23H26N8S. The molecule has 1 fully saturated rings. The summed E-state index contributed by atoms with van der Waals surface area (Å²) >= 11 is 1.65. The van der Waals surface area contributed by atoms with Gasteiger partial charge in [0.15, 0.2) is 5.96 Å². The molecule has 0 saturated carbocycles. The lowest BCUT2D eigenvalue weighted by atomic mass is 10.1. The predicted molar refractivity (Wildman–Crippen MR) is 131 cm³/mol. The molecular weight excluding hydrogens is 420 g/mol. The van der Waals surface area contributed by atoms with Crippen LogP contribution in [0.25, 0.3) is 22.3 Å². The van der Waals surface area contributed by atoms with E-state index in [1.165, 1.54) is 0 Å². The van der Waals surface area contributed by atoms with Gasteiger partial charge in [-0.25, -0.2) is 19.9 Å². The first-order chi connectivity index (χ1) is 15.5. The zero-order chi connectivity index (χ0) is 22.2. The number of benzene rings is 1. The smallest absolute Gasteiger partial charge is 0.196 e. The van der Waals surface area contributed by atoms with E-state index < -0.39 is 0 Å². The molecule has 1 saturated heterocycles. The summed E-state index contributed by atoms with van der Waals surface area (Å²) in [6.07, 6.45) is 3.60. The van der Waals surface area contributed by atoms with Crippen LogP contribution < -0.4 is 10.6 Å². The SMILES string of the molecule is Cc1nc(-c2cccc(N=C(N)N3CCN(c4ncnc5[nH]cc(C)c45)C[C@@H]3C)c2)cs1. The summed E-state index contributed by atoms with van der Waals surface area (Å²) in [5.74, 6) is 1.51. The van der Waals surface area contributed by atoms with E-state index in [1.807, 2.05) is 31.3 Å². The van der Waals surface area contributed by atoms with E-state index in [9.17, 15) is 0 Å². The molecule has 0 spiro atoms. The van der Waals surface area contributed by atoms with Crippen LogP contribution in [0.15, 0.2) is 47.2 Å². The summed E-state index contributed by atoms with van der Waals surface area (Å²) in [6, 6.07) is 8.26. The van der Waals surface area contributed by atoms with Crippen LogP contribution in [0.4, 0.5) is 11.5 Å². The molecule has 9 heteroatoms. The van der Waals surface area contributed by atoms with Gasteiger partial charge in [-0.15, -0.1) is 11.3 Å². The minimum atomic E-state index is 0.195. The lowest BCUT2D eigenvalue weighted by molar-refractivity contribution is 0.294. The van der Waals surface area contributed by atoms with E-state index in [1.54, 1.807) is 17.7 Å². The number of aromatic amines is 1. The summed E-state index contributed by atoms with van der Waals surface area (Å²) < 4.78 is 0. The van der Waals surface area contributed by atoms with Gasteiger partial charge in [-0.1, -0.05) is 12.1 Å². The van der Waals surface area contributed by atoms with Gasteiger partial charge in [0.1, 0.15) is 17.8 Å². The first-order valence-corrected chi connectivity index (χ1v) is 11.5. The van der Waals surface area contributed by atoms with Gasteiger partial charge >= 0.3 is 0 Å². The van der Waals surface area contributed by atoms with Gasteiger partial charge in [-0.05, 0) is 38.5 Å². The quantitative estimate of drug-likeness (QED) is 0.366. The molecule has 1 aromatic carbocycles. The predicted octanol–water partition coefficient (Wildman–Crippen LogP) is 3.86. The minimum absolute atomic E-state index is 0.195. The van der Waals surface area contributed by atoms with Gasteiger partial charge in [-0.3, -0.25) is 0 Å². The highest BCUT2D eigenvalue weighted by Gasteiger charge is 2.27. The Labute approximate surface area is 190 Å². The Morgan fingerprint density at radius 2 is 2.12 bits per heavy atom. The maximum absolute atomic E-state index is 6.46. The molecule has 0 bridgehead atoms. The fourth-order valence-electron chi connectivity index (χ4n) is 4.26. The molecule has 1 atom stereocenters. The molecule has 5 rings (SSSR count). The number of hydrogen-bond donors (Lipinski definition) is 2. The second-order valence-electron chi connectivity index (χ2n) is 8.15. The lowest BCUT2D eigenvalue weighted by Gasteiger charge is -2.41. The summed E-state index contributed by atoms with van der Waals surface area (Å²) in [5, 5.41) is 4.21. The van der Waals surface area contributed by atoms with E-state index in [-0.39, 0.29) is 6.04 Å². The van der Waals surface area contributed by atoms with Crippen molar-refractivity contribution in [2.75, 3.05) is 24.5 Å². The molecule has 1 aliphatic heterocycles. The largest absolute Gasteiger partial charge is 0.369 e. The standard InChI is InChI=1S/C23H26N8S/c1-14-10-25-21-20(14)22(27-13-26-21)30-7-8-31(15(2)11-30)23(24)29-18-6-4-5-17(9-18)19-12-32-16(3)28-19/h4-6,9-10,12-13,15H,7-8,11H2,1-3H3,(H2,24,29)(H,25,26,27)/t15-/m0/s1. The third-order valence-electron chi connectivity index (χ3n) is 5.87. The van der Waals surface area contributed by atoms with Crippen LogP contribution in [-0.4, -0.2) is 56.5 Å². The van der Waals surface area contributed by atoms with Gasteiger partial charge in [-0.2, -0.15) is 0 Å². The Morgan fingerprint density at radius 1 is 1.25 bits per heavy atom. The van der Waals surface area contributed by atoms with Crippen molar-refractivity contribution in [3.05, 3.63) is 52.7 Å².